The molecule has 2 aliphatic rings. The number of amides is 1. The first-order valence-electron chi connectivity index (χ1n) is 9.99. The van der Waals surface area contributed by atoms with Gasteiger partial charge < -0.3 is 11.1 Å². The number of carbonyl (C=O) groups excluding carboxylic acids is 1. The minimum absolute atomic E-state index is 0. The van der Waals surface area contributed by atoms with Gasteiger partial charge in [-0.25, -0.2) is 13.1 Å². The lowest BCUT2D eigenvalue weighted by Crippen LogP contribution is -2.53. The lowest BCUT2D eigenvalue weighted by molar-refractivity contribution is 0.0756. The summed E-state index contributed by atoms with van der Waals surface area (Å²) in [6.07, 6.45) is 6.11. The van der Waals surface area contributed by atoms with E-state index in [1.165, 1.54) is 18.6 Å². The molecule has 158 valence electrons. The molecule has 8 heteroatoms. The van der Waals surface area contributed by atoms with E-state index in [1.807, 2.05) is 13.8 Å². The van der Waals surface area contributed by atoms with Gasteiger partial charge >= 0.3 is 0 Å². The van der Waals surface area contributed by atoms with Crippen LogP contribution in [0, 0.1) is 11.8 Å². The summed E-state index contributed by atoms with van der Waals surface area (Å²) >= 11 is 0. The van der Waals surface area contributed by atoms with E-state index in [1.54, 1.807) is 12.1 Å². The van der Waals surface area contributed by atoms with Gasteiger partial charge in [-0.05, 0) is 75.1 Å². The topological polar surface area (TPSA) is 101 Å². The first-order valence-corrected chi connectivity index (χ1v) is 11.5. The molecule has 2 fully saturated rings. The van der Waals surface area contributed by atoms with Crippen LogP contribution in [0.25, 0.3) is 0 Å². The molecule has 1 amide bonds. The molecule has 28 heavy (non-hydrogen) atoms. The zero-order valence-corrected chi connectivity index (χ0v) is 18.2. The third-order valence-electron chi connectivity index (χ3n) is 6.07. The van der Waals surface area contributed by atoms with Crippen LogP contribution in [0.5, 0.6) is 0 Å². The van der Waals surface area contributed by atoms with Crippen LogP contribution >= 0.6 is 12.4 Å². The molecule has 0 aliphatic heterocycles. The SMILES string of the molecule is CCC(C)NS(=O)(=O)c1ccc(C(=O)NC2C3CCCC2CC(N)C3)cc1.Cl. The Morgan fingerprint density at radius 3 is 2.29 bits per heavy atom. The standard InChI is InChI=1S/C20H31N3O3S.ClH/c1-3-13(2)23-27(25,26)18-9-7-14(8-10-18)20(24)22-19-15-5-4-6-16(19)12-17(21)11-15;/h7-10,13,15-17,19,23H,3-6,11-12,21H2,1-2H3,(H,22,24);1H. The zero-order chi connectivity index (χ0) is 19.6. The molecular weight excluding hydrogens is 398 g/mol. The van der Waals surface area contributed by atoms with E-state index in [-0.39, 0.29) is 41.3 Å². The summed E-state index contributed by atoms with van der Waals surface area (Å²) in [6, 6.07) is 6.47. The van der Waals surface area contributed by atoms with E-state index in [4.69, 9.17) is 5.73 Å². The summed E-state index contributed by atoms with van der Waals surface area (Å²) in [6.45, 7) is 3.75. The van der Waals surface area contributed by atoms with Crippen LogP contribution in [0.3, 0.4) is 0 Å². The molecule has 0 saturated heterocycles. The fraction of sp³-hybridized carbons (Fsp3) is 0.650. The maximum atomic E-state index is 12.7. The Balaban J connectivity index is 0.00000280. The molecule has 2 saturated carbocycles. The van der Waals surface area contributed by atoms with Gasteiger partial charge in [0.05, 0.1) is 4.90 Å². The average molecular weight is 430 g/mol. The van der Waals surface area contributed by atoms with E-state index in [0.29, 0.717) is 23.8 Å². The van der Waals surface area contributed by atoms with E-state index >= 15 is 0 Å². The Hall–Kier alpha value is -1.15. The molecule has 3 atom stereocenters. The van der Waals surface area contributed by atoms with E-state index < -0.39 is 10.0 Å². The van der Waals surface area contributed by atoms with Crippen molar-refractivity contribution in [2.24, 2.45) is 17.6 Å². The van der Waals surface area contributed by atoms with Crippen LogP contribution in [0.2, 0.25) is 0 Å². The summed E-state index contributed by atoms with van der Waals surface area (Å²) in [4.78, 5) is 12.9. The van der Waals surface area contributed by atoms with Gasteiger partial charge in [0.25, 0.3) is 5.91 Å². The second kappa shape index (κ2) is 9.57. The van der Waals surface area contributed by atoms with Crippen LogP contribution in [-0.4, -0.2) is 32.5 Å². The first-order chi connectivity index (χ1) is 12.8. The first kappa shape index (κ1) is 23.1. The molecule has 0 aromatic heterocycles. The molecule has 0 spiro atoms. The monoisotopic (exact) mass is 429 g/mol. The summed E-state index contributed by atoms with van der Waals surface area (Å²) < 4.78 is 27.3. The highest BCUT2D eigenvalue weighted by Gasteiger charge is 2.39. The van der Waals surface area contributed by atoms with Crippen LogP contribution in [0.4, 0.5) is 0 Å². The molecule has 1 aromatic rings. The quantitative estimate of drug-likeness (QED) is 0.647. The smallest absolute Gasteiger partial charge is 0.251 e. The van der Waals surface area contributed by atoms with Gasteiger partial charge in [-0.3, -0.25) is 4.79 Å². The third-order valence-corrected chi connectivity index (χ3v) is 7.68. The molecule has 2 aliphatic carbocycles. The fourth-order valence-electron chi connectivity index (χ4n) is 4.46. The van der Waals surface area contributed by atoms with Crippen molar-refractivity contribution in [3.05, 3.63) is 29.8 Å². The number of nitrogens with two attached hydrogens (primary N) is 1. The van der Waals surface area contributed by atoms with Gasteiger partial charge in [0.2, 0.25) is 10.0 Å². The third kappa shape index (κ3) is 5.26. The summed E-state index contributed by atoms with van der Waals surface area (Å²) in [5.41, 5.74) is 6.65. The predicted molar refractivity (Wildman–Crippen MR) is 113 cm³/mol. The van der Waals surface area contributed by atoms with Gasteiger partial charge in [0, 0.05) is 23.7 Å². The van der Waals surface area contributed by atoms with Crippen molar-refractivity contribution in [2.45, 2.75) is 75.4 Å². The molecule has 0 radical (unpaired) electrons. The van der Waals surface area contributed by atoms with Crippen LogP contribution in [-0.2, 0) is 10.0 Å². The van der Waals surface area contributed by atoms with Gasteiger partial charge in [-0.15, -0.1) is 12.4 Å². The second-order valence-electron chi connectivity index (χ2n) is 8.14. The molecule has 3 unspecified atom stereocenters. The van der Waals surface area contributed by atoms with Crippen LogP contribution in [0.15, 0.2) is 29.2 Å². The van der Waals surface area contributed by atoms with E-state index in [9.17, 15) is 13.2 Å². The fourth-order valence-corrected chi connectivity index (χ4v) is 5.79. The minimum atomic E-state index is -3.56. The van der Waals surface area contributed by atoms with Crippen molar-refractivity contribution in [3.8, 4) is 0 Å². The Labute approximate surface area is 174 Å². The Morgan fingerprint density at radius 2 is 1.75 bits per heavy atom. The highest BCUT2D eigenvalue weighted by molar-refractivity contribution is 7.89. The Morgan fingerprint density at radius 1 is 1.18 bits per heavy atom. The van der Waals surface area contributed by atoms with E-state index in [2.05, 4.69) is 10.0 Å². The average Bonchev–Trinajstić information content (AvgIpc) is 2.62. The number of carbonyl (C=O) groups is 1. The zero-order valence-electron chi connectivity index (χ0n) is 16.6. The Bertz CT molecular complexity index is 755. The predicted octanol–water partition coefficient (Wildman–Crippen LogP) is 2.82. The number of hydrogen-bond donors (Lipinski definition) is 3. The lowest BCUT2D eigenvalue weighted by atomic mass is 9.67. The maximum absolute atomic E-state index is 12.7. The number of rotatable bonds is 6. The number of nitrogens with one attached hydrogen (secondary N) is 2. The number of fused-ring (bicyclic) bond motifs is 2. The van der Waals surface area contributed by atoms with Gasteiger partial charge in [0.15, 0.2) is 0 Å². The van der Waals surface area contributed by atoms with Crippen LogP contribution in [0.1, 0.15) is 62.7 Å². The molecule has 3 rings (SSSR count). The van der Waals surface area contributed by atoms with Crippen molar-refractivity contribution >= 4 is 28.3 Å². The van der Waals surface area contributed by atoms with Crippen molar-refractivity contribution in [2.75, 3.05) is 0 Å². The lowest BCUT2D eigenvalue weighted by Gasteiger charge is -2.45. The van der Waals surface area contributed by atoms with Crippen molar-refractivity contribution in [1.29, 1.82) is 0 Å². The summed E-state index contributed by atoms with van der Waals surface area (Å²) in [5.74, 6) is 0.776. The molecule has 1 aromatic carbocycles. The normalized spacial score (nSPS) is 28.1. The van der Waals surface area contributed by atoms with Crippen molar-refractivity contribution in [1.82, 2.24) is 10.0 Å². The molecule has 2 bridgehead atoms. The Kier molecular flexibility index (Phi) is 7.90. The van der Waals surface area contributed by atoms with Gasteiger partial charge in [-0.1, -0.05) is 13.3 Å². The van der Waals surface area contributed by atoms with Crippen molar-refractivity contribution < 1.29 is 13.2 Å². The number of hydrogen-bond acceptors (Lipinski definition) is 4. The maximum Gasteiger partial charge on any atom is 0.251 e. The molecule has 6 nitrogen and oxygen atoms in total. The molecular formula is C20H32ClN3O3S. The molecule has 4 N–H and O–H groups in total. The summed E-state index contributed by atoms with van der Waals surface area (Å²) in [7, 11) is -3.56. The van der Waals surface area contributed by atoms with Gasteiger partial charge in [-0.2, -0.15) is 0 Å². The number of benzene rings is 1. The van der Waals surface area contributed by atoms with Gasteiger partial charge in [0.1, 0.15) is 0 Å². The summed E-state index contributed by atoms with van der Waals surface area (Å²) in [5, 5.41) is 3.20. The number of sulfonamides is 1. The van der Waals surface area contributed by atoms with Crippen molar-refractivity contribution in [3.63, 3.8) is 0 Å². The number of halogens is 1. The largest absolute Gasteiger partial charge is 0.349 e. The second-order valence-corrected chi connectivity index (χ2v) is 9.85. The minimum Gasteiger partial charge on any atom is -0.349 e. The highest BCUT2D eigenvalue weighted by atomic mass is 35.5. The van der Waals surface area contributed by atoms with E-state index in [0.717, 1.165) is 25.7 Å². The highest BCUT2D eigenvalue weighted by Crippen LogP contribution is 2.39. The van der Waals surface area contributed by atoms with Crippen LogP contribution < -0.4 is 15.8 Å². The molecule has 0 heterocycles.